The number of carbonyl (C=O) groups excluding carboxylic acids is 2. The van der Waals surface area contributed by atoms with Crippen molar-refractivity contribution in [1.29, 1.82) is 0 Å². The van der Waals surface area contributed by atoms with E-state index in [-0.39, 0.29) is 24.7 Å². The highest BCUT2D eigenvalue weighted by atomic mass is 127. The number of hydrogen-bond acceptors (Lipinski definition) is 6. The predicted octanol–water partition coefficient (Wildman–Crippen LogP) is 4.76. The van der Waals surface area contributed by atoms with Crippen molar-refractivity contribution in [2.45, 2.75) is 19.4 Å². The van der Waals surface area contributed by atoms with Gasteiger partial charge in [-0.3, -0.25) is 9.59 Å². The number of benzene rings is 3. The lowest BCUT2D eigenvalue weighted by Gasteiger charge is -2.13. The Kier molecular flexibility index (Phi) is 9.91. The minimum absolute atomic E-state index is 0.00849. The molecule has 9 heteroatoms. The van der Waals surface area contributed by atoms with E-state index in [1.54, 1.807) is 31.4 Å². The molecular weight excluding hydrogens is 561 g/mol. The van der Waals surface area contributed by atoms with Gasteiger partial charge in [-0.25, -0.2) is 5.43 Å². The summed E-state index contributed by atoms with van der Waals surface area (Å²) < 4.78 is 17.5. The molecule has 0 aliphatic carbocycles. The molecule has 0 fully saturated rings. The molecule has 0 spiro atoms. The second-order valence-corrected chi connectivity index (χ2v) is 8.51. The van der Waals surface area contributed by atoms with E-state index >= 15 is 0 Å². The summed E-state index contributed by atoms with van der Waals surface area (Å²) in [5.41, 5.74) is 4.78. The quantitative estimate of drug-likeness (QED) is 0.192. The van der Waals surface area contributed by atoms with Crippen molar-refractivity contribution in [3.8, 4) is 17.2 Å². The Morgan fingerprint density at radius 2 is 1.60 bits per heavy atom. The van der Waals surface area contributed by atoms with E-state index in [1.807, 2.05) is 42.5 Å². The molecule has 2 N–H and O–H groups in total. The van der Waals surface area contributed by atoms with Crippen molar-refractivity contribution in [2.75, 3.05) is 19.5 Å². The third kappa shape index (κ3) is 7.99. The number of nitrogens with zero attached hydrogens (tertiary/aromatic N) is 1. The van der Waals surface area contributed by atoms with Gasteiger partial charge in [0, 0.05) is 12.8 Å². The zero-order valence-electron chi connectivity index (χ0n) is 19.4. The van der Waals surface area contributed by atoms with Crippen molar-refractivity contribution in [3.63, 3.8) is 0 Å². The van der Waals surface area contributed by atoms with Crippen LogP contribution in [0.5, 0.6) is 17.2 Å². The lowest BCUT2D eigenvalue weighted by molar-refractivity contribution is -0.124. The summed E-state index contributed by atoms with van der Waals surface area (Å²) in [4.78, 5) is 24.3. The molecule has 0 radical (unpaired) electrons. The van der Waals surface area contributed by atoms with Gasteiger partial charge in [0.1, 0.15) is 12.4 Å². The fourth-order valence-corrected chi connectivity index (χ4v) is 3.89. The predicted molar refractivity (Wildman–Crippen MR) is 143 cm³/mol. The maximum Gasteiger partial charge on any atom is 0.240 e. The van der Waals surface area contributed by atoms with E-state index in [0.717, 1.165) is 14.7 Å². The van der Waals surface area contributed by atoms with Crippen LogP contribution in [-0.4, -0.2) is 32.2 Å². The monoisotopic (exact) mass is 587 g/mol. The minimum atomic E-state index is -0.374. The van der Waals surface area contributed by atoms with E-state index < -0.39 is 0 Å². The number of anilines is 1. The highest BCUT2D eigenvalue weighted by Crippen LogP contribution is 2.34. The van der Waals surface area contributed by atoms with E-state index in [0.29, 0.717) is 29.5 Å². The molecule has 182 valence electrons. The van der Waals surface area contributed by atoms with Crippen LogP contribution in [0.25, 0.3) is 0 Å². The first-order chi connectivity index (χ1) is 17.0. The summed E-state index contributed by atoms with van der Waals surface area (Å²) in [5.74, 6) is 1.09. The topological polar surface area (TPSA) is 98.2 Å². The molecule has 0 bridgehead atoms. The third-order valence-corrected chi connectivity index (χ3v) is 5.64. The first kappa shape index (κ1) is 26.0. The number of para-hydroxylation sites is 2. The van der Waals surface area contributed by atoms with Crippen molar-refractivity contribution < 1.29 is 23.8 Å². The molecule has 0 saturated heterocycles. The number of hydrazone groups is 1. The molecule has 0 atom stereocenters. The van der Waals surface area contributed by atoms with Gasteiger partial charge in [0.25, 0.3) is 0 Å². The SMILES string of the molecule is COc1ccccc1NC(=O)CCC(=O)NN=Cc1cc(I)c(OCc2ccccc2)c(OC)c1. The zero-order valence-corrected chi connectivity index (χ0v) is 21.6. The lowest BCUT2D eigenvalue weighted by atomic mass is 10.2. The number of ether oxygens (including phenoxy) is 3. The number of hydrogen-bond donors (Lipinski definition) is 2. The van der Waals surface area contributed by atoms with Crippen molar-refractivity contribution >= 4 is 46.3 Å². The molecule has 3 aromatic carbocycles. The lowest BCUT2D eigenvalue weighted by Crippen LogP contribution is -2.20. The van der Waals surface area contributed by atoms with Crippen LogP contribution in [0.3, 0.4) is 0 Å². The van der Waals surface area contributed by atoms with Gasteiger partial charge in [0.15, 0.2) is 11.5 Å². The largest absolute Gasteiger partial charge is 0.495 e. The number of carbonyl (C=O) groups is 2. The standard InChI is InChI=1S/C26H26IN3O5/c1-33-22-11-7-6-10-21(22)29-24(31)12-13-25(32)30-28-16-19-14-20(27)26(23(15-19)34-2)35-17-18-8-4-3-5-9-18/h3-11,14-16H,12-13,17H2,1-2H3,(H,29,31)(H,30,32). The number of nitrogens with one attached hydrogen (secondary N) is 2. The van der Waals surface area contributed by atoms with E-state index in [4.69, 9.17) is 14.2 Å². The van der Waals surface area contributed by atoms with Gasteiger partial charge >= 0.3 is 0 Å². The number of rotatable bonds is 11. The molecule has 3 aromatic rings. The van der Waals surface area contributed by atoms with Gasteiger partial charge in [-0.1, -0.05) is 42.5 Å². The van der Waals surface area contributed by atoms with Crippen molar-refractivity contribution in [1.82, 2.24) is 5.43 Å². The van der Waals surface area contributed by atoms with Crippen molar-refractivity contribution in [2.24, 2.45) is 5.10 Å². The van der Waals surface area contributed by atoms with Crippen LogP contribution in [-0.2, 0) is 16.2 Å². The smallest absolute Gasteiger partial charge is 0.240 e. The molecule has 0 aromatic heterocycles. The van der Waals surface area contributed by atoms with E-state index in [9.17, 15) is 9.59 Å². The molecule has 0 aliphatic heterocycles. The summed E-state index contributed by atoms with van der Waals surface area (Å²) in [6, 6.07) is 20.6. The first-order valence-electron chi connectivity index (χ1n) is 10.8. The Balaban J connectivity index is 1.51. The average Bonchev–Trinajstić information content (AvgIpc) is 2.87. The number of halogens is 1. The minimum Gasteiger partial charge on any atom is -0.495 e. The third-order valence-electron chi connectivity index (χ3n) is 4.84. The summed E-state index contributed by atoms with van der Waals surface area (Å²) in [7, 11) is 3.10. The first-order valence-corrected chi connectivity index (χ1v) is 11.9. The van der Waals surface area contributed by atoms with Gasteiger partial charge in [-0.2, -0.15) is 5.10 Å². The van der Waals surface area contributed by atoms with E-state index in [1.165, 1.54) is 13.3 Å². The van der Waals surface area contributed by atoms with Gasteiger partial charge in [0.2, 0.25) is 11.8 Å². The second-order valence-electron chi connectivity index (χ2n) is 7.35. The average molecular weight is 587 g/mol. The number of amides is 2. The number of methoxy groups -OCH3 is 2. The van der Waals surface area contributed by atoms with Gasteiger partial charge in [0.05, 0.1) is 29.7 Å². The molecule has 0 aliphatic rings. The molecule has 35 heavy (non-hydrogen) atoms. The van der Waals surface area contributed by atoms with Gasteiger partial charge in [-0.05, 0) is 58.0 Å². The van der Waals surface area contributed by atoms with Gasteiger partial charge in [-0.15, -0.1) is 0 Å². The molecule has 0 unspecified atom stereocenters. The zero-order chi connectivity index (χ0) is 25.0. The van der Waals surface area contributed by atoms with Crippen molar-refractivity contribution in [3.05, 3.63) is 81.4 Å². The van der Waals surface area contributed by atoms with Crippen LogP contribution in [0.4, 0.5) is 5.69 Å². The summed E-state index contributed by atoms with van der Waals surface area (Å²) in [5, 5.41) is 6.73. The Bertz CT molecular complexity index is 1180. The fraction of sp³-hybridized carbons (Fsp3) is 0.192. The molecule has 0 heterocycles. The van der Waals surface area contributed by atoms with Gasteiger partial charge < -0.3 is 19.5 Å². The Morgan fingerprint density at radius 3 is 2.34 bits per heavy atom. The van der Waals surface area contributed by atoms with Crippen LogP contribution < -0.4 is 25.0 Å². The highest BCUT2D eigenvalue weighted by Gasteiger charge is 2.12. The summed E-state index contributed by atoms with van der Waals surface area (Å²) in [6.07, 6.45) is 1.52. The Hall–Kier alpha value is -3.60. The van der Waals surface area contributed by atoms with Crippen LogP contribution in [0.2, 0.25) is 0 Å². The maximum absolute atomic E-state index is 12.2. The maximum atomic E-state index is 12.2. The van der Waals surface area contributed by atoms with E-state index in [2.05, 4.69) is 38.4 Å². The fourth-order valence-electron chi connectivity index (χ4n) is 3.11. The Morgan fingerprint density at radius 1 is 0.914 bits per heavy atom. The summed E-state index contributed by atoms with van der Waals surface area (Å²) in [6.45, 7) is 0.418. The molecule has 0 saturated carbocycles. The Labute approximate surface area is 217 Å². The molecule has 3 rings (SSSR count). The molecule has 2 amide bonds. The normalized spacial score (nSPS) is 10.6. The summed E-state index contributed by atoms with van der Waals surface area (Å²) >= 11 is 2.17. The highest BCUT2D eigenvalue weighted by molar-refractivity contribution is 14.1. The van der Waals surface area contributed by atoms with Crippen LogP contribution in [0, 0.1) is 3.57 Å². The van der Waals surface area contributed by atoms with Crippen LogP contribution >= 0.6 is 22.6 Å². The molecular formula is C26H26IN3O5. The van der Waals surface area contributed by atoms with Crippen LogP contribution in [0.1, 0.15) is 24.0 Å². The molecule has 8 nitrogen and oxygen atoms in total. The second kappa shape index (κ2) is 13.3. The van der Waals surface area contributed by atoms with Crippen LogP contribution in [0.15, 0.2) is 71.8 Å².